The maximum atomic E-state index is 14.9. The van der Waals surface area contributed by atoms with Crippen molar-refractivity contribution in [1.82, 2.24) is 19.6 Å². The highest BCUT2D eigenvalue weighted by Crippen LogP contribution is 2.44. The standard InChI is InChI=1S/C35H41F3N4O6/c1-23(2)48-33(44)28-21-41(32(43)25-8-12-27(13-9-25)47-19-16-40-14-17-46-18-15-40)22-34(3,4)29-30(28)39-42(31(29)35(36,37)38)20-24-6-10-26(45-5)11-7-24/h6-13,21,23H,14-20,22H2,1-5H3. The fourth-order valence-corrected chi connectivity index (χ4v) is 5.90. The van der Waals surface area contributed by atoms with Crippen molar-refractivity contribution in [2.45, 2.75) is 51.9 Å². The van der Waals surface area contributed by atoms with Crippen LogP contribution in [0.25, 0.3) is 5.57 Å². The molecule has 0 radical (unpaired) electrons. The molecular weight excluding hydrogens is 629 g/mol. The molecule has 0 N–H and O–H groups in total. The van der Waals surface area contributed by atoms with Gasteiger partial charge >= 0.3 is 12.1 Å². The first-order valence-corrected chi connectivity index (χ1v) is 15.9. The number of rotatable bonds is 10. The summed E-state index contributed by atoms with van der Waals surface area (Å²) in [7, 11) is 1.50. The van der Waals surface area contributed by atoms with Crippen molar-refractivity contribution in [3.63, 3.8) is 0 Å². The zero-order valence-electron chi connectivity index (χ0n) is 27.8. The summed E-state index contributed by atoms with van der Waals surface area (Å²) < 4.78 is 67.6. The van der Waals surface area contributed by atoms with E-state index in [0.29, 0.717) is 36.9 Å². The number of fused-ring (bicyclic) bond motifs is 1. The van der Waals surface area contributed by atoms with Crippen LogP contribution in [-0.4, -0.2) is 90.7 Å². The molecule has 2 aliphatic heterocycles. The van der Waals surface area contributed by atoms with E-state index in [9.17, 15) is 22.8 Å². The quantitative estimate of drug-likeness (QED) is 0.265. The molecule has 258 valence electrons. The molecule has 2 aromatic carbocycles. The molecule has 48 heavy (non-hydrogen) atoms. The molecule has 2 aliphatic rings. The minimum absolute atomic E-state index is 0.160. The van der Waals surface area contributed by atoms with Crippen molar-refractivity contribution in [3.8, 4) is 11.5 Å². The number of morpholine rings is 1. The Hall–Kier alpha value is -4.36. The lowest BCUT2D eigenvalue weighted by molar-refractivity contribution is -0.145. The number of esters is 1. The average Bonchev–Trinajstić information content (AvgIpc) is 3.39. The highest BCUT2D eigenvalue weighted by atomic mass is 19.4. The van der Waals surface area contributed by atoms with Gasteiger partial charge in [0.25, 0.3) is 5.91 Å². The molecule has 3 aromatic rings. The van der Waals surface area contributed by atoms with Gasteiger partial charge in [0.1, 0.15) is 35.1 Å². The molecule has 0 aliphatic carbocycles. The summed E-state index contributed by atoms with van der Waals surface area (Å²) in [6.45, 7) is 10.4. The number of ether oxygens (including phenoxy) is 4. The number of amides is 1. The van der Waals surface area contributed by atoms with E-state index in [2.05, 4.69) is 10.00 Å². The summed E-state index contributed by atoms with van der Waals surface area (Å²) in [5, 5.41) is 4.39. The summed E-state index contributed by atoms with van der Waals surface area (Å²) in [4.78, 5) is 30.9. The monoisotopic (exact) mass is 670 g/mol. The maximum absolute atomic E-state index is 14.9. The predicted molar refractivity (Wildman–Crippen MR) is 172 cm³/mol. The van der Waals surface area contributed by atoms with E-state index in [1.807, 2.05) is 0 Å². The van der Waals surface area contributed by atoms with E-state index in [1.165, 1.54) is 18.2 Å². The molecular formula is C35H41F3N4O6. The fraction of sp³-hybridized carbons (Fsp3) is 0.457. The van der Waals surface area contributed by atoms with E-state index in [4.69, 9.17) is 18.9 Å². The topological polar surface area (TPSA) is 95.4 Å². The van der Waals surface area contributed by atoms with Gasteiger partial charge in [-0.15, -0.1) is 0 Å². The van der Waals surface area contributed by atoms with Crippen molar-refractivity contribution in [1.29, 1.82) is 0 Å². The normalized spacial score (nSPS) is 16.6. The van der Waals surface area contributed by atoms with Crippen molar-refractivity contribution >= 4 is 17.4 Å². The first kappa shape index (κ1) is 35.0. The number of hydrogen-bond acceptors (Lipinski definition) is 8. The molecule has 0 unspecified atom stereocenters. The molecule has 1 saturated heterocycles. The second-order valence-electron chi connectivity index (χ2n) is 12.7. The Bertz CT molecular complexity index is 1630. The second-order valence-corrected chi connectivity index (χ2v) is 12.7. The molecule has 10 nitrogen and oxygen atoms in total. The minimum Gasteiger partial charge on any atom is -0.497 e. The highest BCUT2D eigenvalue weighted by Gasteiger charge is 2.47. The van der Waals surface area contributed by atoms with E-state index >= 15 is 0 Å². The third-order valence-electron chi connectivity index (χ3n) is 8.20. The number of methoxy groups -OCH3 is 1. The predicted octanol–water partition coefficient (Wildman–Crippen LogP) is 5.40. The summed E-state index contributed by atoms with van der Waals surface area (Å²) in [5.74, 6) is -0.241. The lowest BCUT2D eigenvalue weighted by Crippen LogP contribution is -2.38. The van der Waals surface area contributed by atoms with Gasteiger partial charge in [-0.3, -0.25) is 14.4 Å². The van der Waals surface area contributed by atoms with Gasteiger partial charge in [-0.1, -0.05) is 26.0 Å². The number of aromatic nitrogens is 2. The number of hydrogen-bond donors (Lipinski definition) is 0. The van der Waals surface area contributed by atoms with Crippen LogP contribution in [0.15, 0.2) is 54.7 Å². The SMILES string of the molecule is COc1ccc(Cn2nc3c(c2C(F)(F)F)C(C)(C)CN(C(=O)c2ccc(OCCN4CCOCC4)cc2)C=C3C(=O)OC(C)C)cc1. The summed E-state index contributed by atoms with van der Waals surface area (Å²) in [5.41, 5.74) is -2.04. The number of halogens is 3. The van der Waals surface area contributed by atoms with Crippen LogP contribution in [0.4, 0.5) is 13.2 Å². The van der Waals surface area contributed by atoms with Gasteiger partial charge in [-0.2, -0.15) is 18.3 Å². The van der Waals surface area contributed by atoms with Crippen LogP contribution in [0.5, 0.6) is 11.5 Å². The molecule has 0 atom stereocenters. The van der Waals surface area contributed by atoms with Crippen molar-refractivity contribution in [2.24, 2.45) is 0 Å². The smallest absolute Gasteiger partial charge is 0.433 e. The molecule has 1 aromatic heterocycles. The van der Waals surface area contributed by atoms with Crippen molar-refractivity contribution < 1.29 is 41.7 Å². The largest absolute Gasteiger partial charge is 0.497 e. The van der Waals surface area contributed by atoms with Crippen molar-refractivity contribution in [2.75, 3.05) is 53.1 Å². The third-order valence-corrected chi connectivity index (χ3v) is 8.20. The molecule has 0 spiro atoms. The Morgan fingerprint density at radius 1 is 1.00 bits per heavy atom. The number of benzene rings is 2. The molecule has 3 heterocycles. The Kier molecular flexibility index (Phi) is 10.5. The van der Waals surface area contributed by atoms with Gasteiger partial charge in [-0.25, -0.2) is 4.79 Å². The summed E-state index contributed by atoms with van der Waals surface area (Å²) in [6.07, 6.45) is -4.13. The van der Waals surface area contributed by atoms with E-state index in [-0.39, 0.29) is 35.5 Å². The van der Waals surface area contributed by atoms with Gasteiger partial charge < -0.3 is 23.8 Å². The lowest BCUT2D eigenvalue weighted by Gasteiger charge is -2.30. The van der Waals surface area contributed by atoms with E-state index in [1.54, 1.807) is 76.2 Å². The number of alkyl halides is 3. The van der Waals surface area contributed by atoms with E-state index in [0.717, 1.165) is 24.3 Å². The van der Waals surface area contributed by atoms with Gasteiger partial charge in [-0.05, 0) is 55.8 Å². The van der Waals surface area contributed by atoms with Gasteiger partial charge in [0.2, 0.25) is 0 Å². The lowest BCUT2D eigenvalue weighted by atomic mass is 9.81. The Morgan fingerprint density at radius 3 is 2.25 bits per heavy atom. The Morgan fingerprint density at radius 2 is 1.65 bits per heavy atom. The van der Waals surface area contributed by atoms with Gasteiger partial charge in [0, 0.05) is 48.9 Å². The first-order chi connectivity index (χ1) is 22.8. The van der Waals surface area contributed by atoms with Gasteiger partial charge in [0.05, 0.1) is 33.0 Å². The fourth-order valence-electron chi connectivity index (χ4n) is 5.90. The van der Waals surface area contributed by atoms with E-state index < -0.39 is 35.3 Å². The zero-order valence-corrected chi connectivity index (χ0v) is 27.8. The Labute approximate surface area is 278 Å². The molecule has 0 bridgehead atoms. The van der Waals surface area contributed by atoms with Crippen LogP contribution in [0.3, 0.4) is 0 Å². The Balaban J connectivity index is 1.47. The molecule has 0 saturated carbocycles. The minimum atomic E-state index is -4.83. The van der Waals surface area contributed by atoms with Crippen LogP contribution in [0, 0.1) is 0 Å². The summed E-state index contributed by atoms with van der Waals surface area (Å²) >= 11 is 0. The van der Waals surface area contributed by atoms with Crippen LogP contribution >= 0.6 is 0 Å². The van der Waals surface area contributed by atoms with Crippen LogP contribution in [0.1, 0.15) is 60.6 Å². The maximum Gasteiger partial charge on any atom is 0.433 e. The van der Waals surface area contributed by atoms with Crippen LogP contribution < -0.4 is 9.47 Å². The number of carbonyl (C=O) groups is 2. The average molecular weight is 671 g/mol. The molecule has 1 fully saturated rings. The summed E-state index contributed by atoms with van der Waals surface area (Å²) in [6, 6.07) is 13.2. The highest BCUT2D eigenvalue weighted by molar-refractivity contribution is 6.17. The van der Waals surface area contributed by atoms with Crippen LogP contribution in [-0.2, 0) is 32.4 Å². The zero-order chi connectivity index (χ0) is 34.6. The molecule has 1 amide bonds. The molecule has 5 rings (SSSR count). The third kappa shape index (κ3) is 8.01. The first-order valence-electron chi connectivity index (χ1n) is 15.9. The van der Waals surface area contributed by atoms with Crippen molar-refractivity contribution in [3.05, 3.63) is 82.8 Å². The second kappa shape index (κ2) is 14.4. The van der Waals surface area contributed by atoms with Gasteiger partial charge in [0.15, 0.2) is 0 Å². The number of carbonyl (C=O) groups excluding carboxylic acids is 2. The number of nitrogens with zero attached hydrogens (tertiary/aromatic N) is 4. The van der Waals surface area contributed by atoms with Crippen LogP contribution in [0.2, 0.25) is 0 Å². The molecule has 13 heteroatoms.